The van der Waals surface area contributed by atoms with E-state index in [1.807, 2.05) is 32.5 Å². The monoisotopic (exact) mass is 275 g/mol. The Balaban J connectivity index is 4.44. The Kier molecular flexibility index (Phi) is 8.70. The lowest BCUT2D eigenvalue weighted by atomic mass is 9.96. The molecule has 108 valence electrons. The summed E-state index contributed by atoms with van der Waals surface area (Å²) in [6.45, 7) is 13.6. The summed E-state index contributed by atoms with van der Waals surface area (Å²) in [6.07, 6.45) is 0.803. The van der Waals surface area contributed by atoms with Crippen LogP contribution in [0.2, 0.25) is 0 Å². The molecule has 0 spiro atoms. The van der Waals surface area contributed by atoms with Crippen molar-refractivity contribution in [2.45, 2.75) is 58.8 Å². The first-order valence-corrected chi connectivity index (χ1v) is 7.94. The van der Waals surface area contributed by atoms with Crippen molar-refractivity contribution in [2.24, 2.45) is 5.92 Å². The van der Waals surface area contributed by atoms with E-state index in [4.69, 9.17) is 4.74 Å². The van der Waals surface area contributed by atoms with E-state index in [2.05, 4.69) is 26.1 Å². The zero-order chi connectivity index (χ0) is 14.2. The normalized spacial score (nSPS) is 16.4. The van der Waals surface area contributed by atoms with Gasteiger partial charge >= 0.3 is 5.97 Å². The Labute approximate surface area is 116 Å². The summed E-state index contributed by atoms with van der Waals surface area (Å²) < 4.78 is 5.18. The maximum atomic E-state index is 12.0. The van der Waals surface area contributed by atoms with Crippen LogP contribution in [0.15, 0.2) is 0 Å². The number of esters is 1. The minimum atomic E-state index is -0.561. The third-order valence-electron chi connectivity index (χ3n) is 2.70. The summed E-state index contributed by atoms with van der Waals surface area (Å²) in [5.41, 5.74) is -0.561. The fraction of sp³-hybridized carbons (Fsp3) is 0.929. The first-order valence-electron chi connectivity index (χ1n) is 6.89. The molecule has 0 bridgehead atoms. The van der Waals surface area contributed by atoms with Crippen molar-refractivity contribution in [1.29, 1.82) is 0 Å². The Hall–Kier alpha value is -0.220. The molecular formula is C14H29NO2S. The predicted molar refractivity (Wildman–Crippen MR) is 80.1 cm³/mol. The van der Waals surface area contributed by atoms with Gasteiger partial charge in [-0.2, -0.15) is 11.8 Å². The number of hydrogen-bond donors (Lipinski definition) is 1. The minimum absolute atomic E-state index is 0.135. The largest absolute Gasteiger partial charge is 0.465 e. The molecule has 2 unspecified atom stereocenters. The van der Waals surface area contributed by atoms with Gasteiger partial charge in [0.1, 0.15) is 5.54 Å². The van der Waals surface area contributed by atoms with Crippen LogP contribution in [0.25, 0.3) is 0 Å². The highest BCUT2D eigenvalue weighted by molar-refractivity contribution is 7.99. The molecule has 2 atom stereocenters. The zero-order valence-electron chi connectivity index (χ0n) is 12.7. The zero-order valence-corrected chi connectivity index (χ0v) is 13.5. The van der Waals surface area contributed by atoms with E-state index in [0.29, 0.717) is 17.8 Å². The van der Waals surface area contributed by atoms with Crippen LogP contribution in [0, 0.1) is 5.92 Å². The summed E-state index contributed by atoms with van der Waals surface area (Å²) in [5, 5.41) is 3.72. The van der Waals surface area contributed by atoms with E-state index in [1.54, 1.807) is 0 Å². The van der Waals surface area contributed by atoms with Crippen molar-refractivity contribution in [3.8, 4) is 0 Å². The van der Waals surface area contributed by atoms with E-state index in [-0.39, 0.29) is 5.97 Å². The van der Waals surface area contributed by atoms with Crippen molar-refractivity contribution in [2.75, 3.05) is 18.9 Å². The molecule has 4 heteroatoms. The van der Waals surface area contributed by atoms with Crippen LogP contribution in [-0.4, -0.2) is 35.7 Å². The van der Waals surface area contributed by atoms with Gasteiger partial charge in [-0.05, 0) is 38.5 Å². The molecule has 0 aromatic rings. The number of nitrogens with one attached hydrogen (secondary N) is 1. The lowest BCUT2D eigenvalue weighted by molar-refractivity contribution is -0.150. The van der Waals surface area contributed by atoms with Crippen molar-refractivity contribution < 1.29 is 9.53 Å². The lowest BCUT2D eigenvalue weighted by Crippen LogP contribution is -2.51. The maximum absolute atomic E-state index is 12.0. The van der Waals surface area contributed by atoms with Gasteiger partial charge in [0.15, 0.2) is 0 Å². The second-order valence-electron chi connectivity index (χ2n) is 5.32. The molecule has 0 rings (SSSR count). The Morgan fingerprint density at radius 1 is 1.33 bits per heavy atom. The van der Waals surface area contributed by atoms with E-state index in [9.17, 15) is 4.79 Å². The van der Waals surface area contributed by atoms with Crippen molar-refractivity contribution in [3.63, 3.8) is 0 Å². The van der Waals surface area contributed by atoms with Crippen LogP contribution in [0.1, 0.15) is 48.0 Å². The van der Waals surface area contributed by atoms with Gasteiger partial charge in [0.2, 0.25) is 0 Å². The number of ether oxygens (including phenoxy) is 1. The second-order valence-corrected chi connectivity index (χ2v) is 6.80. The van der Waals surface area contributed by atoms with Gasteiger partial charge < -0.3 is 10.1 Å². The van der Waals surface area contributed by atoms with Gasteiger partial charge in [0.25, 0.3) is 0 Å². The number of carbonyl (C=O) groups excluding carboxylic acids is 1. The van der Waals surface area contributed by atoms with Crippen LogP contribution in [-0.2, 0) is 9.53 Å². The second kappa shape index (κ2) is 8.81. The highest BCUT2D eigenvalue weighted by Gasteiger charge is 2.35. The third-order valence-corrected chi connectivity index (χ3v) is 4.30. The molecule has 0 heterocycles. The van der Waals surface area contributed by atoms with E-state index in [0.717, 1.165) is 18.7 Å². The molecule has 0 aromatic heterocycles. The van der Waals surface area contributed by atoms with E-state index >= 15 is 0 Å². The molecule has 0 amide bonds. The Bertz CT molecular complexity index is 246. The summed E-state index contributed by atoms with van der Waals surface area (Å²) in [5.74, 6) is 1.68. The summed E-state index contributed by atoms with van der Waals surface area (Å²) in [7, 11) is 0. The topological polar surface area (TPSA) is 38.3 Å². The van der Waals surface area contributed by atoms with Crippen LogP contribution in [0.4, 0.5) is 0 Å². The van der Waals surface area contributed by atoms with Gasteiger partial charge in [0, 0.05) is 5.25 Å². The first-order chi connectivity index (χ1) is 8.35. The van der Waals surface area contributed by atoms with Crippen molar-refractivity contribution in [1.82, 2.24) is 5.32 Å². The molecule has 0 aliphatic carbocycles. The van der Waals surface area contributed by atoms with Crippen molar-refractivity contribution >= 4 is 17.7 Å². The number of rotatable bonds is 9. The van der Waals surface area contributed by atoms with E-state index < -0.39 is 5.54 Å². The summed E-state index contributed by atoms with van der Waals surface area (Å²) in [4.78, 5) is 12.0. The molecule has 0 aliphatic heterocycles. The molecule has 0 saturated heterocycles. The molecular weight excluding hydrogens is 246 g/mol. The Morgan fingerprint density at radius 3 is 2.39 bits per heavy atom. The fourth-order valence-electron chi connectivity index (χ4n) is 1.90. The fourth-order valence-corrected chi connectivity index (χ4v) is 3.06. The quantitative estimate of drug-likeness (QED) is 0.656. The molecule has 3 nitrogen and oxygen atoms in total. The molecule has 0 saturated carbocycles. The van der Waals surface area contributed by atoms with Crippen LogP contribution >= 0.6 is 11.8 Å². The lowest BCUT2D eigenvalue weighted by Gasteiger charge is -2.30. The molecule has 1 N–H and O–H groups in total. The molecule has 0 fully saturated rings. The molecule has 0 radical (unpaired) electrons. The van der Waals surface area contributed by atoms with Gasteiger partial charge in [-0.1, -0.05) is 27.7 Å². The van der Waals surface area contributed by atoms with Crippen molar-refractivity contribution in [3.05, 3.63) is 0 Å². The smallest absolute Gasteiger partial charge is 0.326 e. The Morgan fingerprint density at radius 2 is 1.94 bits per heavy atom. The summed E-state index contributed by atoms with van der Waals surface area (Å²) >= 11 is 1.92. The van der Waals surface area contributed by atoms with Gasteiger partial charge in [0.05, 0.1) is 6.61 Å². The molecule has 18 heavy (non-hydrogen) atoms. The highest BCUT2D eigenvalue weighted by Crippen LogP contribution is 2.24. The average Bonchev–Trinajstić information content (AvgIpc) is 2.27. The number of likely N-dealkylation sites (N-methyl/N-ethyl adjacent to an activating group) is 1. The number of hydrogen-bond acceptors (Lipinski definition) is 4. The number of thioether (sulfide) groups is 1. The van der Waals surface area contributed by atoms with Gasteiger partial charge in [-0.25, -0.2) is 0 Å². The third kappa shape index (κ3) is 6.64. The average molecular weight is 275 g/mol. The molecule has 0 aliphatic rings. The molecule has 0 aromatic carbocycles. The van der Waals surface area contributed by atoms with Crippen LogP contribution < -0.4 is 5.32 Å². The SMILES string of the molecule is CCNC(C)(CC(C)SCC(C)C)C(=O)OCC. The predicted octanol–water partition coefficient (Wildman–Crippen LogP) is 3.09. The summed E-state index contributed by atoms with van der Waals surface area (Å²) in [6, 6.07) is 0. The van der Waals surface area contributed by atoms with Crippen LogP contribution in [0.5, 0.6) is 0 Å². The maximum Gasteiger partial charge on any atom is 0.326 e. The standard InChI is InChI=1S/C14H29NO2S/c1-7-15-14(6,13(16)17-8-2)9-12(5)18-10-11(3)4/h11-12,15H,7-10H2,1-6H3. The minimum Gasteiger partial charge on any atom is -0.465 e. The number of carbonyl (C=O) groups is 1. The van der Waals surface area contributed by atoms with Crippen LogP contribution in [0.3, 0.4) is 0 Å². The first kappa shape index (κ1) is 17.8. The van der Waals surface area contributed by atoms with E-state index in [1.165, 1.54) is 0 Å². The van der Waals surface area contributed by atoms with Gasteiger partial charge in [-0.15, -0.1) is 0 Å². The highest BCUT2D eigenvalue weighted by atomic mass is 32.2. The van der Waals surface area contributed by atoms with Gasteiger partial charge in [-0.3, -0.25) is 4.79 Å².